The molecule has 0 radical (unpaired) electrons. The number of rotatable bonds is 4. The maximum Gasteiger partial charge on any atom is 0.441 e. The number of halogens is 2. The zero-order chi connectivity index (χ0) is 15.5. The number of aromatic nitrogens is 2. The Hall–Kier alpha value is -1.66. The van der Waals surface area contributed by atoms with Gasteiger partial charge in [0.1, 0.15) is 5.82 Å². The van der Waals surface area contributed by atoms with Gasteiger partial charge in [-0.1, -0.05) is 29.2 Å². The lowest BCUT2D eigenvalue weighted by Crippen LogP contribution is -2.31. The molecule has 1 aromatic heterocycles. The maximum atomic E-state index is 13.9. The second-order valence-electron chi connectivity index (χ2n) is 5.49. The summed E-state index contributed by atoms with van der Waals surface area (Å²) in [5.74, 6) is -0.526. The van der Waals surface area contributed by atoms with E-state index in [1.165, 1.54) is 23.1 Å². The van der Waals surface area contributed by atoms with Gasteiger partial charge < -0.3 is 0 Å². The molecule has 0 atom stereocenters. The molecule has 3 rings (SSSR count). The fraction of sp³-hybridized carbons (Fsp3) is 0.467. The quantitative estimate of drug-likeness (QED) is 0.867. The number of hydrogen-bond donors (Lipinski definition) is 0. The van der Waals surface area contributed by atoms with Gasteiger partial charge in [0.25, 0.3) is 0 Å². The summed E-state index contributed by atoms with van der Waals surface area (Å²) in [6, 6.07) is 4.46. The standard InChI is InChI=1S/C15H17ClFN3O2/c16-12-5-4-6-13(17)11(12)9-20-14(18-22-15(20)21)10-19-7-2-1-3-8-19/h4-6H,1-3,7-10H2. The van der Waals surface area contributed by atoms with Crippen molar-refractivity contribution in [1.82, 2.24) is 14.6 Å². The highest BCUT2D eigenvalue weighted by Gasteiger charge is 2.18. The summed E-state index contributed by atoms with van der Waals surface area (Å²) in [6.07, 6.45) is 3.51. The molecule has 0 aliphatic carbocycles. The minimum Gasteiger partial charge on any atom is -0.296 e. The van der Waals surface area contributed by atoms with Crippen LogP contribution in [0.15, 0.2) is 27.5 Å². The number of benzene rings is 1. The Bertz CT molecular complexity index is 687. The van der Waals surface area contributed by atoms with Crippen molar-refractivity contribution in [1.29, 1.82) is 0 Å². The molecule has 0 N–H and O–H groups in total. The van der Waals surface area contributed by atoms with Crippen molar-refractivity contribution in [2.75, 3.05) is 13.1 Å². The molecule has 0 amide bonds. The van der Waals surface area contributed by atoms with Crippen molar-refractivity contribution < 1.29 is 8.91 Å². The summed E-state index contributed by atoms with van der Waals surface area (Å²) in [5, 5.41) is 4.12. The lowest BCUT2D eigenvalue weighted by molar-refractivity contribution is 0.211. The fourth-order valence-corrected chi connectivity index (χ4v) is 2.95. The third-order valence-corrected chi connectivity index (χ3v) is 4.31. The highest BCUT2D eigenvalue weighted by Crippen LogP contribution is 2.20. The van der Waals surface area contributed by atoms with E-state index in [9.17, 15) is 9.18 Å². The van der Waals surface area contributed by atoms with Crippen LogP contribution in [0.3, 0.4) is 0 Å². The van der Waals surface area contributed by atoms with Gasteiger partial charge in [0.15, 0.2) is 5.82 Å². The highest BCUT2D eigenvalue weighted by atomic mass is 35.5. The van der Waals surface area contributed by atoms with Crippen LogP contribution in [0.2, 0.25) is 5.02 Å². The fourth-order valence-electron chi connectivity index (χ4n) is 2.72. The topological polar surface area (TPSA) is 51.3 Å². The van der Waals surface area contributed by atoms with E-state index in [1.807, 2.05) is 0 Å². The molecule has 1 aromatic carbocycles. The zero-order valence-electron chi connectivity index (χ0n) is 12.1. The molecule has 1 aliphatic heterocycles. The SMILES string of the molecule is O=c1onc(CN2CCCCC2)n1Cc1c(F)cccc1Cl. The zero-order valence-corrected chi connectivity index (χ0v) is 12.9. The first-order valence-corrected chi connectivity index (χ1v) is 7.73. The molecule has 1 saturated heterocycles. The van der Waals surface area contributed by atoms with E-state index < -0.39 is 11.6 Å². The second kappa shape index (κ2) is 6.62. The molecular weight excluding hydrogens is 309 g/mol. The van der Waals surface area contributed by atoms with Crippen LogP contribution in [0.4, 0.5) is 4.39 Å². The summed E-state index contributed by atoms with van der Waals surface area (Å²) >= 11 is 6.03. The van der Waals surface area contributed by atoms with Gasteiger partial charge in [-0.2, -0.15) is 0 Å². The number of hydrogen-bond acceptors (Lipinski definition) is 4. The Morgan fingerprint density at radius 2 is 2.00 bits per heavy atom. The lowest BCUT2D eigenvalue weighted by atomic mass is 10.1. The van der Waals surface area contributed by atoms with Gasteiger partial charge in [-0.15, -0.1) is 0 Å². The van der Waals surface area contributed by atoms with E-state index in [0.29, 0.717) is 12.4 Å². The molecule has 118 valence electrons. The van der Waals surface area contributed by atoms with Crippen LogP contribution in [0.1, 0.15) is 30.7 Å². The summed E-state index contributed by atoms with van der Waals surface area (Å²) in [4.78, 5) is 14.1. The Morgan fingerprint density at radius 1 is 1.23 bits per heavy atom. The highest BCUT2D eigenvalue weighted by molar-refractivity contribution is 6.31. The van der Waals surface area contributed by atoms with Gasteiger partial charge >= 0.3 is 5.76 Å². The van der Waals surface area contributed by atoms with Crippen molar-refractivity contribution in [3.8, 4) is 0 Å². The third kappa shape index (κ3) is 3.23. The molecule has 1 fully saturated rings. The van der Waals surface area contributed by atoms with E-state index >= 15 is 0 Å². The average molecular weight is 326 g/mol. The van der Waals surface area contributed by atoms with Crippen molar-refractivity contribution >= 4 is 11.6 Å². The number of nitrogens with zero attached hydrogens (tertiary/aromatic N) is 3. The smallest absolute Gasteiger partial charge is 0.296 e. The molecule has 0 saturated carbocycles. The predicted molar refractivity (Wildman–Crippen MR) is 80.4 cm³/mol. The van der Waals surface area contributed by atoms with E-state index in [1.54, 1.807) is 6.07 Å². The van der Waals surface area contributed by atoms with Gasteiger partial charge in [0.2, 0.25) is 0 Å². The second-order valence-corrected chi connectivity index (χ2v) is 5.90. The van der Waals surface area contributed by atoms with Crippen LogP contribution < -0.4 is 5.76 Å². The molecule has 0 spiro atoms. The molecular formula is C15H17ClFN3O2. The van der Waals surface area contributed by atoms with Crippen molar-refractivity contribution in [2.45, 2.75) is 32.4 Å². The monoisotopic (exact) mass is 325 g/mol. The summed E-state index contributed by atoms with van der Waals surface area (Å²) in [7, 11) is 0. The van der Waals surface area contributed by atoms with Crippen LogP contribution >= 0.6 is 11.6 Å². The lowest BCUT2D eigenvalue weighted by Gasteiger charge is -2.25. The first-order valence-electron chi connectivity index (χ1n) is 7.36. The van der Waals surface area contributed by atoms with Crippen molar-refractivity contribution in [2.24, 2.45) is 0 Å². The molecule has 7 heteroatoms. The minimum absolute atomic E-state index is 0.0248. The van der Waals surface area contributed by atoms with Crippen molar-refractivity contribution in [3.63, 3.8) is 0 Å². The van der Waals surface area contributed by atoms with Crippen molar-refractivity contribution in [3.05, 3.63) is 51.0 Å². The minimum atomic E-state index is -0.591. The van der Waals surface area contributed by atoms with Crippen LogP contribution in [0.5, 0.6) is 0 Å². The van der Waals surface area contributed by atoms with E-state index in [0.717, 1.165) is 25.9 Å². The van der Waals surface area contributed by atoms with E-state index in [-0.39, 0.29) is 17.1 Å². The Balaban J connectivity index is 1.84. The van der Waals surface area contributed by atoms with Gasteiger partial charge in [-0.25, -0.2) is 9.18 Å². The van der Waals surface area contributed by atoms with Crippen LogP contribution in [0.25, 0.3) is 0 Å². The van der Waals surface area contributed by atoms with Gasteiger partial charge in [0.05, 0.1) is 13.1 Å². The Labute approximate surface area is 132 Å². The summed E-state index contributed by atoms with van der Waals surface area (Å²) in [6.45, 7) is 2.50. The Morgan fingerprint density at radius 3 is 2.73 bits per heavy atom. The number of piperidine rings is 1. The van der Waals surface area contributed by atoms with E-state index in [2.05, 4.69) is 10.1 Å². The van der Waals surface area contributed by atoms with Gasteiger partial charge in [0, 0.05) is 10.6 Å². The molecule has 2 heterocycles. The largest absolute Gasteiger partial charge is 0.441 e. The van der Waals surface area contributed by atoms with Crippen LogP contribution in [-0.2, 0) is 13.1 Å². The summed E-state index contributed by atoms with van der Waals surface area (Å²) < 4.78 is 20.0. The first-order chi connectivity index (χ1) is 10.6. The number of likely N-dealkylation sites (tertiary alicyclic amines) is 1. The predicted octanol–water partition coefficient (Wildman–Crippen LogP) is 2.66. The van der Waals surface area contributed by atoms with E-state index in [4.69, 9.17) is 16.1 Å². The summed E-state index contributed by atoms with van der Waals surface area (Å²) in [5.41, 5.74) is 0.273. The average Bonchev–Trinajstić information content (AvgIpc) is 2.85. The molecule has 2 aromatic rings. The van der Waals surface area contributed by atoms with Gasteiger partial charge in [-0.3, -0.25) is 14.0 Å². The van der Waals surface area contributed by atoms with Gasteiger partial charge in [-0.05, 0) is 38.1 Å². The van der Waals surface area contributed by atoms with Crippen LogP contribution in [0, 0.1) is 5.82 Å². The molecule has 0 unspecified atom stereocenters. The molecule has 22 heavy (non-hydrogen) atoms. The Kier molecular flexibility index (Phi) is 4.59. The maximum absolute atomic E-state index is 13.9. The normalized spacial score (nSPS) is 16.1. The molecule has 1 aliphatic rings. The first kappa shape index (κ1) is 15.2. The van der Waals surface area contributed by atoms with Crippen LogP contribution in [-0.4, -0.2) is 27.7 Å². The molecule has 0 bridgehead atoms. The molecule has 5 nitrogen and oxygen atoms in total. The third-order valence-electron chi connectivity index (χ3n) is 3.95.